The van der Waals surface area contributed by atoms with Gasteiger partial charge in [-0.3, -0.25) is 14.5 Å². The minimum absolute atomic E-state index is 0.121. The summed E-state index contributed by atoms with van der Waals surface area (Å²) in [5.41, 5.74) is 0. The van der Waals surface area contributed by atoms with E-state index in [-0.39, 0.29) is 17.8 Å². The first-order valence-electron chi connectivity index (χ1n) is 8.43. The number of allylic oxidation sites excluding steroid dienone is 1. The van der Waals surface area contributed by atoms with Crippen molar-refractivity contribution in [2.45, 2.75) is 45.1 Å². The maximum Gasteiger partial charge on any atom is 0.310 e. The van der Waals surface area contributed by atoms with E-state index in [1.54, 1.807) is 0 Å². The van der Waals surface area contributed by atoms with Crippen molar-refractivity contribution in [3.05, 3.63) is 12.2 Å². The van der Waals surface area contributed by atoms with Crippen LogP contribution < -0.4 is 0 Å². The number of rotatable bonds is 5. The third-order valence-corrected chi connectivity index (χ3v) is 4.57. The molecule has 0 radical (unpaired) electrons. The number of esters is 1. The van der Waals surface area contributed by atoms with Gasteiger partial charge in [0.2, 0.25) is 5.91 Å². The van der Waals surface area contributed by atoms with Crippen LogP contribution in [0.3, 0.4) is 0 Å². The van der Waals surface area contributed by atoms with Gasteiger partial charge in [0.05, 0.1) is 19.1 Å². The molecule has 0 aromatic heterocycles. The van der Waals surface area contributed by atoms with Crippen molar-refractivity contribution in [3.63, 3.8) is 0 Å². The van der Waals surface area contributed by atoms with Gasteiger partial charge in [0, 0.05) is 19.1 Å². The van der Waals surface area contributed by atoms with Crippen LogP contribution in [0.4, 0.5) is 0 Å². The molecule has 1 heterocycles. The normalized spacial score (nSPS) is 25.3. The van der Waals surface area contributed by atoms with Crippen molar-refractivity contribution in [2.75, 3.05) is 33.3 Å². The lowest BCUT2D eigenvalue weighted by molar-refractivity contribution is -0.151. The summed E-state index contributed by atoms with van der Waals surface area (Å²) in [5.74, 6) is -0.198. The number of piperidine rings is 1. The smallest absolute Gasteiger partial charge is 0.310 e. The fourth-order valence-electron chi connectivity index (χ4n) is 3.25. The van der Waals surface area contributed by atoms with Crippen molar-refractivity contribution < 1.29 is 14.3 Å². The summed E-state index contributed by atoms with van der Waals surface area (Å²) < 4.78 is 5.09. The highest BCUT2D eigenvalue weighted by Crippen LogP contribution is 2.19. The average Bonchev–Trinajstić information content (AvgIpc) is 2.56. The summed E-state index contributed by atoms with van der Waals surface area (Å²) in [4.78, 5) is 28.3. The molecule has 5 nitrogen and oxygen atoms in total. The average molecular weight is 308 g/mol. The standard InChI is InChI=1S/C17H28N2O3/c1-3-22-17(21)14-8-7-11-19(12-14)16(20)13-18(2)15-9-5-4-6-10-15/h5,9,14-15H,3-4,6-8,10-13H2,1-2H3. The molecule has 0 aromatic rings. The summed E-state index contributed by atoms with van der Waals surface area (Å²) in [6.07, 6.45) is 9.55. The number of ether oxygens (including phenoxy) is 1. The van der Waals surface area contributed by atoms with Crippen LogP contribution in [0.2, 0.25) is 0 Å². The molecule has 0 spiro atoms. The van der Waals surface area contributed by atoms with Crippen molar-refractivity contribution in [1.82, 2.24) is 9.80 Å². The zero-order chi connectivity index (χ0) is 15.9. The molecule has 2 aliphatic rings. The predicted octanol–water partition coefficient (Wildman–Crippen LogP) is 1.83. The molecule has 0 bridgehead atoms. The Labute approximate surface area is 133 Å². The van der Waals surface area contributed by atoms with Crippen LogP contribution in [0.25, 0.3) is 0 Å². The molecule has 0 N–H and O–H groups in total. The Balaban J connectivity index is 1.84. The van der Waals surface area contributed by atoms with Gasteiger partial charge >= 0.3 is 5.97 Å². The van der Waals surface area contributed by atoms with Crippen molar-refractivity contribution in [1.29, 1.82) is 0 Å². The predicted molar refractivity (Wildman–Crippen MR) is 85.3 cm³/mol. The van der Waals surface area contributed by atoms with E-state index in [1.807, 2.05) is 18.9 Å². The lowest BCUT2D eigenvalue weighted by atomic mass is 9.98. The highest BCUT2D eigenvalue weighted by atomic mass is 16.5. The van der Waals surface area contributed by atoms with Gasteiger partial charge in [0.25, 0.3) is 0 Å². The zero-order valence-corrected chi connectivity index (χ0v) is 13.8. The number of carbonyl (C=O) groups excluding carboxylic acids is 2. The summed E-state index contributed by atoms with van der Waals surface area (Å²) in [7, 11) is 2.00. The van der Waals surface area contributed by atoms with Crippen molar-refractivity contribution in [2.24, 2.45) is 5.92 Å². The number of likely N-dealkylation sites (tertiary alicyclic amines) is 1. The molecule has 1 fully saturated rings. The van der Waals surface area contributed by atoms with Crippen LogP contribution >= 0.6 is 0 Å². The first-order valence-corrected chi connectivity index (χ1v) is 8.43. The second kappa shape index (κ2) is 8.32. The Morgan fingerprint density at radius 1 is 1.32 bits per heavy atom. The SMILES string of the molecule is CCOC(=O)C1CCCN(C(=O)CN(C)C2C=CCCC2)C1. The summed E-state index contributed by atoms with van der Waals surface area (Å²) in [5, 5.41) is 0. The lowest BCUT2D eigenvalue weighted by Crippen LogP contribution is -2.47. The van der Waals surface area contributed by atoms with Gasteiger partial charge in [-0.2, -0.15) is 0 Å². The van der Waals surface area contributed by atoms with Gasteiger partial charge in [-0.25, -0.2) is 0 Å². The third kappa shape index (κ3) is 4.57. The molecule has 5 heteroatoms. The van der Waals surface area contributed by atoms with E-state index in [9.17, 15) is 9.59 Å². The monoisotopic (exact) mass is 308 g/mol. The molecule has 1 aliphatic heterocycles. The zero-order valence-electron chi connectivity index (χ0n) is 13.8. The van der Waals surface area contributed by atoms with E-state index in [0.717, 1.165) is 32.2 Å². The molecule has 2 atom stereocenters. The fourth-order valence-corrected chi connectivity index (χ4v) is 3.25. The first kappa shape index (κ1) is 17.0. The van der Waals surface area contributed by atoms with Crippen molar-refractivity contribution >= 4 is 11.9 Å². The second-order valence-electron chi connectivity index (χ2n) is 6.27. The molecule has 0 saturated carbocycles. The number of nitrogens with zero attached hydrogens (tertiary/aromatic N) is 2. The van der Waals surface area contributed by atoms with Crippen LogP contribution in [-0.2, 0) is 14.3 Å². The fraction of sp³-hybridized carbons (Fsp3) is 0.765. The van der Waals surface area contributed by atoms with E-state index >= 15 is 0 Å². The van der Waals surface area contributed by atoms with Crippen LogP contribution in [0, 0.1) is 5.92 Å². The Morgan fingerprint density at radius 3 is 2.82 bits per heavy atom. The maximum atomic E-state index is 12.5. The van der Waals surface area contributed by atoms with Crippen molar-refractivity contribution in [3.8, 4) is 0 Å². The Hall–Kier alpha value is -1.36. The number of hydrogen-bond acceptors (Lipinski definition) is 4. The largest absolute Gasteiger partial charge is 0.466 e. The van der Waals surface area contributed by atoms with Gasteiger partial charge in [0.1, 0.15) is 0 Å². The van der Waals surface area contributed by atoms with Gasteiger partial charge in [-0.05, 0) is 46.1 Å². The van der Waals surface area contributed by atoms with E-state index < -0.39 is 0 Å². The van der Waals surface area contributed by atoms with Crippen LogP contribution in [0.1, 0.15) is 39.0 Å². The van der Waals surface area contributed by atoms with Crippen LogP contribution in [0.15, 0.2) is 12.2 Å². The van der Waals surface area contributed by atoms with E-state index in [4.69, 9.17) is 4.74 Å². The molecule has 1 amide bonds. The number of likely N-dealkylation sites (N-methyl/N-ethyl adjacent to an activating group) is 1. The molecule has 2 rings (SSSR count). The topological polar surface area (TPSA) is 49.9 Å². The third-order valence-electron chi connectivity index (χ3n) is 4.57. The minimum Gasteiger partial charge on any atom is -0.466 e. The highest BCUT2D eigenvalue weighted by molar-refractivity contribution is 5.80. The summed E-state index contributed by atoms with van der Waals surface area (Å²) in [6.45, 7) is 3.90. The van der Waals surface area contributed by atoms with Crippen LogP contribution in [-0.4, -0.2) is 61.0 Å². The molecule has 22 heavy (non-hydrogen) atoms. The Bertz CT molecular complexity index is 422. The molecule has 124 valence electrons. The number of amides is 1. The Morgan fingerprint density at radius 2 is 2.14 bits per heavy atom. The molecule has 1 aliphatic carbocycles. The van der Waals surface area contributed by atoms with Crippen LogP contribution in [0.5, 0.6) is 0 Å². The number of carbonyl (C=O) groups is 2. The Kier molecular flexibility index (Phi) is 6.43. The molecule has 2 unspecified atom stereocenters. The summed E-state index contributed by atoms with van der Waals surface area (Å²) in [6, 6.07) is 0.364. The first-order chi connectivity index (χ1) is 10.6. The minimum atomic E-state index is -0.163. The lowest BCUT2D eigenvalue weighted by Gasteiger charge is -2.34. The highest BCUT2D eigenvalue weighted by Gasteiger charge is 2.30. The summed E-state index contributed by atoms with van der Waals surface area (Å²) >= 11 is 0. The molecule has 1 saturated heterocycles. The van der Waals surface area contributed by atoms with E-state index in [2.05, 4.69) is 17.1 Å². The molecular weight excluding hydrogens is 280 g/mol. The maximum absolute atomic E-state index is 12.5. The molecule has 0 aromatic carbocycles. The second-order valence-corrected chi connectivity index (χ2v) is 6.27. The van der Waals surface area contributed by atoms with Gasteiger partial charge in [-0.15, -0.1) is 0 Å². The van der Waals surface area contributed by atoms with E-state index in [0.29, 0.717) is 25.7 Å². The van der Waals surface area contributed by atoms with E-state index in [1.165, 1.54) is 6.42 Å². The van der Waals surface area contributed by atoms with Gasteiger partial charge in [0.15, 0.2) is 0 Å². The van der Waals surface area contributed by atoms with Gasteiger partial charge in [-0.1, -0.05) is 12.2 Å². The quantitative estimate of drug-likeness (QED) is 0.574. The van der Waals surface area contributed by atoms with Gasteiger partial charge < -0.3 is 9.64 Å². The molecular formula is C17H28N2O3. The number of hydrogen-bond donors (Lipinski definition) is 0.